The summed E-state index contributed by atoms with van der Waals surface area (Å²) in [7, 11) is 0. The van der Waals surface area contributed by atoms with Crippen LogP contribution in [0.4, 0.5) is 51.2 Å². The molecule has 0 bridgehead atoms. The first-order valence-corrected chi connectivity index (χ1v) is 30.9. The Kier molecular flexibility index (Phi) is 15.4. The monoisotopic (exact) mass is 1160 g/mol. The minimum absolute atomic E-state index is 0.0416. The Balaban J connectivity index is 1.22. The molecule has 11 aromatic carbocycles. The number of furan rings is 1. The van der Waals surface area contributed by atoms with E-state index in [0.717, 1.165) is 107 Å². The van der Waals surface area contributed by atoms with Crippen LogP contribution in [-0.2, 0) is 21.7 Å². The lowest BCUT2D eigenvalue weighted by Gasteiger charge is -2.33. The summed E-state index contributed by atoms with van der Waals surface area (Å²) in [5, 5.41) is 2.72. The molecule has 0 aliphatic carbocycles. The van der Waals surface area contributed by atoms with Gasteiger partial charge in [0.2, 0.25) is 0 Å². The highest BCUT2D eigenvalue weighted by Gasteiger charge is 2.29. The predicted octanol–water partition coefficient (Wildman–Crippen LogP) is 24.8. The van der Waals surface area contributed by atoms with E-state index in [1.807, 2.05) is 6.07 Å². The molecule has 0 atom stereocenters. The van der Waals surface area contributed by atoms with Crippen LogP contribution in [0, 0.1) is 0 Å². The highest BCUT2D eigenvalue weighted by molar-refractivity contribution is 6.31. The van der Waals surface area contributed by atoms with E-state index < -0.39 is 0 Å². The minimum Gasteiger partial charge on any atom is -0.456 e. The summed E-state index contributed by atoms with van der Waals surface area (Å²) >= 11 is 7.10. The molecule has 0 aliphatic rings. The molecule has 1 heterocycles. The van der Waals surface area contributed by atoms with Crippen molar-refractivity contribution in [3.05, 3.63) is 282 Å². The number of hydrogen-bond donors (Lipinski definition) is 0. The Morgan fingerprint density at radius 2 is 0.701 bits per heavy atom. The molecular formula is C82H78ClN3O. The van der Waals surface area contributed by atoms with Crippen molar-refractivity contribution in [2.75, 3.05) is 14.7 Å². The van der Waals surface area contributed by atoms with Crippen molar-refractivity contribution in [2.24, 2.45) is 0 Å². The average molecular weight is 1160 g/mol. The number of nitrogens with zero attached hydrogens (tertiary/aromatic N) is 3. The topological polar surface area (TPSA) is 22.9 Å². The van der Waals surface area contributed by atoms with E-state index >= 15 is 0 Å². The van der Waals surface area contributed by atoms with Gasteiger partial charge in [0.25, 0.3) is 0 Å². The van der Waals surface area contributed by atoms with Crippen molar-refractivity contribution >= 4 is 84.7 Å². The zero-order valence-electron chi connectivity index (χ0n) is 52.4. The number of fused-ring (bicyclic) bond motifs is 3. The fourth-order valence-corrected chi connectivity index (χ4v) is 12.2. The van der Waals surface area contributed by atoms with Gasteiger partial charge < -0.3 is 19.1 Å². The zero-order chi connectivity index (χ0) is 61.0. The minimum atomic E-state index is -0.136. The molecule has 0 aliphatic heterocycles. The van der Waals surface area contributed by atoms with Gasteiger partial charge in [-0.1, -0.05) is 258 Å². The van der Waals surface area contributed by atoms with Gasteiger partial charge in [0.1, 0.15) is 11.2 Å². The van der Waals surface area contributed by atoms with Crippen LogP contribution in [0.25, 0.3) is 55.3 Å². The van der Waals surface area contributed by atoms with Crippen molar-refractivity contribution in [2.45, 2.75) is 105 Å². The maximum atomic E-state index is 7.17. The van der Waals surface area contributed by atoms with Gasteiger partial charge in [0, 0.05) is 56.0 Å². The third-order valence-corrected chi connectivity index (χ3v) is 17.1. The molecule has 12 aromatic rings. The van der Waals surface area contributed by atoms with Crippen LogP contribution in [0.5, 0.6) is 0 Å². The maximum absolute atomic E-state index is 7.17. The second-order valence-corrected chi connectivity index (χ2v) is 27.8. The number of halogens is 1. The molecule has 4 nitrogen and oxygen atoms in total. The van der Waals surface area contributed by atoms with Crippen molar-refractivity contribution in [1.82, 2.24) is 0 Å². The first-order valence-electron chi connectivity index (χ1n) is 30.5. The third-order valence-electron chi connectivity index (χ3n) is 16.9. The number of anilines is 9. The Morgan fingerprint density at radius 3 is 1.20 bits per heavy atom. The molecule has 0 saturated carbocycles. The largest absolute Gasteiger partial charge is 0.456 e. The predicted molar refractivity (Wildman–Crippen MR) is 374 cm³/mol. The van der Waals surface area contributed by atoms with Crippen LogP contribution in [0.1, 0.15) is 105 Å². The molecular weight excluding hydrogens is 1080 g/mol. The number of benzene rings is 11. The Hall–Kier alpha value is -9.09. The van der Waals surface area contributed by atoms with Crippen molar-refractivity contribution in [3.63, 3.8) is 0 Å². The van der Waals surface area contributed by atoms with E-state index in [1.165, 1.54) is 22.3 Å². The van der Waals surface area contributed by atoms with E-state index in [0.29, 0.717) is 5.02 Å². The molecule has 0 saturated heterocycles. The van der Waals surface area contributed by atoms with Crippen LogP contribution in [0.2, 0.25) is 5.02 Å². The normalized spacial score (nSPS) is 12.2. The lowest BCUT2D eigenvalue weighted by molar-refractivity contribution is 0.569. The summed E-state index contributed by atoms with van der Waals surface area (Å²) < 4.78 is 7.17. The molecule has 0 N–H and O–H groups in total. The summed E-state index contributed by atoms with van der Waals surface area (Å²) in [5.74, 6) is 0. The van der Waals surface area contributed by atoms with Crippen LogP contribution >= 0.6 is 11.6 Å². The van der Waals surface area contributed by atoms with E-state index in [9.17, 15) is 0 Å². The highest BCUT2D eigenvalue weighted by atomic mass is 35.5. The SMILES string of the molecule is CC(C)(C)c1ccc(N(c2ccc(C(C)(C)C)cc2)c2cc(N(c3cc(-c4cc(C(C)(C)C)cc(C(C)(C)C)c4)cc(N(c4cccc(Cl)c4)c4ccccc4-c4ccccc4)c3)c3ccccc3-c3ccccc3)cc3oc4ccccc4c23)cc1. The lowest BCUT2D eigenvalue weighted by atomic mass is 9.79. The highest BCUT2D eigenvalue weighted by Crippen LogP contribution is 2.52. The van der Waals surface area contributed by atoms with Crippen LogP contribution < -0.4 is 14.7 Å². The zero-order valence-corrected chi connectivity index (χ0v) is 53.1. The maximum Gasteiger partial charge on any atom is 0.139 e. The summed E-state index contributed by atoms with van der Waals surface area (Å²) in [4.78, 5) is 7.29. The second kappa shape index (κ2) is 23.0. The smallest absolute Gasteiger partial charge is 0.139 e. The fraction of sp³-hybridized carbons (Fsp3) is 0.195. The van der Waals surface area contributed by atoms with E-state index in [-0.39, 0.29) is 21.7 Å². The molecule has 1 aromatic heterocycles. The Labute approximate surface area is 521 Å². The molecule has 5 heteroatoms. The molecule has 0 unspecified atom stereocenters. The van der Waals surface area contributed by atoms with Crippen LogP contribution in [-0.4, -0.2) is 0 Å². The van der Waals surface area contributed by atoms with Gasteiger partial charge >= 0.3 is 0 Å². The van der Waals surface area contributed by atoms with E-state index in [2.05, 4.69) is 347 Å². The van der Waals surface area contributed by atoms with Crippen molar-refractivity contribution in [3.8, 4) is 33.4 Å². The summed E-state index contributed by atoms with van der Waals surface area (Å²) in [6.45, 7) is 27.6. The molecule has 87 heavy (non-hydrogen) atoms. The Bertz CT molecular complexity index is 4350. The number of rotatable bonds is 12. The quantitative estimate of drug-likeness (QED) is 0.122. The van der Waals surface area contributed by atoms with Crippen LogP contribution in [0.15, 0.2) is 259 Å². The average Bonchev–Trinajstić information content (AvgIpc) is 2.15. The number of hydrogen-bond acceptors (Lipinski definition) is 4. The molecule has 434 valence electrons. The Morgan fingerprint density at radius 1 is 0.276 bits per heavy atom. The summed E-state index contributed by atoms with van der Waals surface area (Å²) in [6.07, 6.45) is 0. The van der Waals surface area contributed by atoms with E-state index in [1.54, 1.807) is 0 Å². The molecule has 12 rings (SSSR count). The van der Waals surface area contributed by atoms with Crippen molar-refractivity contribution in [1.29, 1.82) is 0 Å². The van der Waals surface area contributed by atoms with Gasteiger partial charge in [0.15, 0.2) is 0 Å². The summed E-state index contributed by atoms with van der Waals surface area (Å²) in [5.41, 5.74) is 21.7. The fourth-order valence-electron chi connectivity index (χ4n) is 12.0. The lowest BCUT2D eigenvalue weighted by Crippen LogP contribution is -2.17. The molecule has 0 amide bonds. The van der Waals surface area contributed by atoms with Gasteiger partial charge in [-0.2, -0.15) is 0 Å². The van der Waals surface area contributed by atoms with Gasteiger partial charge in [-0.15, -0.1) is 0 Å². The first kappa shape index (κ1) is 58.3. The molecule has 0 spiro atoms. The van der Waals surface area contributed by atoms with Gasteiger partial charge in [-0.05, 0) is 151 Å². The van der Waals surface area contributed by atoms with Gasteiger partial charge in [-0.25, -0.2) is 0 Å². The standard InChI is InChI=1S/C82H78ClN3O/c1-79(2,3)59-38-42-64(43-39-59)84(65-44-40-60(41-45-65)80(4,5)6)75-53-69(54-77-78(75)72-34-21-24-37-76(72)87-77)86(74-36-23-20-33-71(74)56-28-17-14-18-29-56)68-49-58(57-46-61(81(7,8)9)50-62(47-57)82(10,11)12)48-67(52-68)85(66-31-25-30-63(83)51-66)73-35-22-19-32-70(73)55-26-15-13-16-27-55/h13-54H,1-12H3. The number of para-hydroxylation sites is 3. The first-order chi connectivity index (χ1) is 41.6. The van der Waals surface area contributed by atoms with E-state index in [4.69, 9.17) is 16.0 Å². The van der Waals surface area contributed by atoms with Gasteiger partial charge in [-0.3, -0.25) is 0 Å². The summed E-state index contributed by atoms with van der Waals surface area (Å²) in [6, 6.07) is 93.0. The van der Waals surface area contributed by atoms with Crippen molar-refractivity contribution < 1.29 is 4.42 Å². The third kappa shape index (κ3) is 12.0. The van der Waals surface area contributed by atoms with Crippen LogP contribution in [0.3, 0.4) is 0 Å². The molecule has 0 radical (unpaired) electrons. The second-order valence-electron chi connectivity index (χ2n) is 27.3. The molecule has 0 fully saturated rings. The van der Waals surface area contributed by atoms with Gasteiger partial charge in [0.05, 0.1) is 28.1 Å².